The van der Waals surface area contributed by atoms with Crippen molar-refractivity contribution in [3.05, 3.63) is 23.8 Å². The average molecular weight is 205 g/mol. The summed E-state index contributed by atoms with van der Waals surface area (Å²) in [5.41, 5.74) is 0.123. The molecule has 0 amide bonds. The number of nitrogens with zero attached hydrogens (tertiary/aromatic N) is 2. The van der Waals surface area contributed by atoms with Crippen LogP contribution in [-0.2, 0) is 0 Å². The molecule has 0 spiro atoms. The van der Waals surface area contributed by atoms with Crippen molar-refractivity contribution < 1.29 is 9.59 Å². The monoisotopic (exact) mass is 204 g/mol. The summed E-state index contributed by atoms with van der Waals surface area (Å²) in [6, 6.07) is 0. The number of aromatic nitrogens is 2. The van der Waals surface area contributed by atoms with Gasteiger partial charge in [-0.3, -0.25) is 9.59 Å². The molecular weight excluding hydrogens is 203 g/mol. The van der Waals surface area contributed by atoms with E-state index in [4.69, 9.17) is 23.2 Å². The molecule has 1 rings (SSSR count). The number of rotatable bonds is 2. The summed E-state index contributed by atoms with van der Waals surface area (Å²) in [6.45, 7) is 0. The van der Waals surface area contributed by atoms with E-state index >= 15 is 0 Å². The molecule has 0 aliphatic rings. The Hall–Kier alpha value is -1.000. The van der Waals surface area contributed by atoms with Gasteiger partial charge in [-0.2, -0.15) is 0 Å². The first-order valence-corrected chi connectivity index (χ1v) is 3.58. The van der Waals surface area contributed by atoms with Gasteiger partial charge in [0.05, 0.1) is 5.56 Å². The van der Waals surface area contributed by atoms with Crippen LogP contribution in [0.1, 0.15) is 21.0 Å². The van der Waals surface area contributed by atoms with E-state index in [-0.39, 0.29) is 11.4 Å². The van der Waals surface area contributed by atoms with Gasteiger partial charge in [-0.05, 0) is 23.2 Å². The number of carbonyl (C=O) groups is 2. The molecule has 0 unspecified atom stereocenters. The second-order valence-electron chi connectivity index (χ2n) is 1.84. The minimum Gasteiger partial charge on any atom is -0.275 e. The number of halogens is 2. The first kappa shape index (κ1) is 9.09. The highest BCUT2D eigenvalue weighted by atomic mass is 35.5. The van der Waals surface area contributed by atoms with E-state index < -0.39 is 10.5 Å². The zero-order valence-corrected chi connectivity index (χ0v) is 7.13. The summed E-state index contributed by atoms with van der Waals surface area (Å²) in [6.07, 6.45) is 2.27. The van der Waals surface area contributed by atoms with E-state index in [1.54, 1.807) is 0 Å². The Labute approximate surface area is 77.5 Å². The van der Waals surface area contributed by atoms with Crippen molar-refractivity contribution in [2.24, 2.45) is 0 Å². The molecule has 0 atom stereocenters. The quantitative estimate of drug-likeness (QED) is 0.681. The predicted octanol–water partition coefficient (Wildman–Crippen LogP) is 1.23. The lowest BCUT2D eigenvalue weighted by molar-refractivity contribution is 0.106. The van der Waals surface area contributed by atoms with Crippen LogP contribution in [0.15, 0.2) is 12.4 Å². The van der Waals surface area contributed by atoms with Crippen molar-refractivity contribution in [3.63, 3.8) is 0 Å². The summed E-state index contributed by atoms with van der Waals surface area (Å²) in [5, 5.41) is -1.45. The Kier molecular flexibility index (Phi) is 2.73. The van der Waals surface area contributed by atoms with Crippen LogP contribution in [0.2, 0.25) is 0 Å². The molecule has 0 N–H and O–H groups in total. The van der Waals surface area contributed by atoms with E-state index in [1.165, 1.54) is 0 Å². The molecule has 0 fully saturated rings. The van der Waals surface area contributed by atoms with Crippen LogP contribution in [-0.4, -0.2) is 20.5 Å². The minimum absolute atomic E-state index is 0.123. The maximum Gasteiger partial charge on any atom is 0.289 e. The largest absolute Gasteiger partial charge is 0.289 e. The van der Waals surface area contributed by atoms with Crippen molar-refractivity contribution in [1.82, 2.24) is 9.97 Å². The molecule has 62 valence electrons. The van der Waals surface area contributed by atoms with Crippen LogP contribution in [0.5, 0.6) is 0 Å². The van der Waals surface area contributed by atoms with Crippen molar-refractivity contribution >= 4 is 33.7 Å². The first-order valence-electron chi connectivity index (χ1n) is 2.83. The third-order valence-corrected chi connectivity index (χ3v) is 1.44. The minimum atomic E-state index is -0.774. The molecule has 1 aromatic heterocycles. The fourth-order valence-electron chi connectivity index (χ4n) is 0.531. The molecule has 6 heteroatoms. The summed E-state index contributed by atoms with van der Waals surface area (Å²) in [7, 11) is 0. The second-order valence-corrected chi connectivity index (χ2v) is 2.53. The van der Waals surface area contributed by atoms with E-state index in [0.29, 0.717) is 0 Å². The maximum atomic E-state index is 10.5. The van der Waals surface area contributed by atoms with Gasteiger partial charge >= 0.3 is 0 Å². The smallest absolute Gasteiger partial charge is 0.275 e. The van der Waals surface area contributed by atoms with Gasteiger partial charge < -0.3 is 0 Å². The summed E-state index contributed by atoms with van der Waals surface area (Å²) >= 11 is 10.2. The zero-order valence-electron chi connectivity index (χ0n) is 5.62. The fraction of sp³-hybridized carbons (Fsp3) is 0. The third-order valence-electron chi connectivity index (χ3n) is 1.05. The van der Waals surface area contributed by atoms with Gasteiger partial charge in [0.1, 0.15) is 0 Å². The molecule has 0 aliphatic heterocycles. The molecule has 0 saturated heterocycles. The Morgan fingerprint density at radius 1 is 1.08 bits per heavy atom. The molecule has 4 nitrogen and oxygen atoms in total. The third kappa shape index (κ3) is 1.99. The molecule has 0 radical (unpaired) electrons. The Bertz CT molecular complexity index is 290. The number of hydrogen-bond acceptors (Lipinski definition) is 4. The molecule has 0 aromatic carbocycles. The van der Waals surface area contributed by atoms with Gasteiger partial charge in [0.2, 0.25) is 5.82 Å². The van der Waals surface area contributed by atoms with Gasteiger partial charge in [0, 0.05) is 12.4 Å². The highest BCUT2D eigenvalue weighted by Gasteiger charge is 2.07. The summed E-state index contributed by atoms with van der Waals surface area (Å²) in [5.74, 6) is -0.154. The average Bonchev–Trinajstić information content (AvgIpc) is 2.04. The predicted molar refractivity (Wildman–Crippen MR) is 42.4 cm³/mol. The summed E-state index contributed by atoms with van der Waals surface area (Å²) in [4.78, 5) is 27.9. The number of carbonyl (C=O) groups excluding carboxylic acids is 2. The summed E-state index contributed by atoms with van der Waals surface area (Å²) < 4.78 is 0. The van der Waals surface area contributed by atoms with Crippen molar-refractivity contribution in [3.8, 4) is 0 Å². The molecule has 0 saturated carbocycles. The van der Waals surface area contributed by atoms with Crippen molar-refractivity contribution in [2.75, 3.05) is 0 Å². The van der Waals surface area contributed by atoms with E-state index in [1.807, 2.05) is 0 Å². The van der Waals surface area contributed by atoms with Crippen LogP contribution < -0.4 is 0 Å². The van der Waals surface area contributed by atoms with Crippen LogP contribution in [0.4, 0.5) is 0 Å². The van der Waals surface area contributed by atoms with Gasteiger partial charge in [0.15, 0.2) is 0 Å². The van der Waals surface area contributed by atoms with Gasteiger partial charge in [-0.1, -0.05) is 0 Å². The highest BCUT2D eigenvalue weighted by Crippen LogP contribution is 2.01. The molecule has 0 aliphatic carbocycles. The van der Waals surface area contributed by atoms with E-state index in [2.05, 4.69) is 9.97 Å². The van der Waals surface area contributed by atoms with Gasteiger partial charge in [0.25, 0.3) is 10.5 Å². The highest BCUT2D eigenvalue weighted by molar-refractivity contribution is 6.68. The standard InChI is InChI=1S/C6H2Cl2N2O2/c7-4(11)3-1-9-6(5(8)12)10-2-3/h1-2H. The van der Waals surface area contributed by atoms with Crippen molar-refractivity contribution in [2.45, 2.75) is 0 Å². The van der Waals surface area contributed by atoms with Crippen LogP contribution in [0.3, 0.4) is 0 Å². The molecular formula is C6H2Cl2N2O2. The normalized spacial score (nSPS) is 9.50. The topological polar surface area (TPSA) is 59.9 Å². The lowest BCUT2D eigenvalue weighted by atomic mass is 10.4. The second kappa shape index (κ2) is 3.60. The maximum absolute atomic E-state index is 10.5. The number of hydrogen-bond donors (Lipinski definition) is 0. The molecule has 1 heterocycles. The van der Waals surface area contributed by atoms with Crippen LogP contribution >= 0.6 is 23.2 Å². The van der Waals surface area contributed by atoms with Crippen LogP contribution in [0, 0.1) is 0 Å². The molecule has 12 heavy (non-hydrogen) atoms. The SMILES string of the molecule is O=C(Cl)c1cnc(C(=O)Cl)nc1. The lowest BCUT2D eigenvalue weighted by Gasteiger charge is -1.92. The molecule has 0 bridgehead atoms. The fourth-order valence-corrected chi connectivity index (χ4v) is 0.726. The Morgan fingerprint density at radius 2 is 1.58 bits per heavy atom. The Morgan fingerprint density at radius 3 is 1.92 bits per heavy atom. The van der Waals surface area contributed by atoms with E-state index in [0.717, 1.165) is 12.4 Å². The Balaban J connectivity index is 3.01. The van der Waals surface area contributed by atoms with Crippen LogP contribution in [0.25, 0.3) is 0 Å². The van der Waals surface area contributed by atoms with Gasteiger partial charge in [-0.25, -0.2) is 9.97 Å². The lowest BCUT2D eigenvalue weighted by Crippen LogP contribution is -2.00. The van der Waals surface area contributed by atoms with Gasteiger partial charge in [-0.15, -0.1) is 0 Å². The molecule has 1 aromatic rings. The zero-order chi connectivity index (χ0) is 9.14. The first-order chi connectivity index (χ1) is 5.61. The van der Waals surface area contributed by atoms with E-state index in [9.17, 15) is 9.59 Å². The van der Waals surface area contributed by atoms with Crippen molar-refractivity contribution in [1.29, 1.82) is 0 Å².